The molecule has 2 amide bonds. The summed E-state index contributed by atoms with van der Waals surface area (Å²) in [6.07, 6.45) is -13.5. The summed E-state index contributed by atoms with van der Waals surface area (Å²) >= 11 is 0. The van der Waals surface area contributed by atoms with Gasteiger partial charge in [0.25, 0.3) is 0 Å². The van der Waals surface area contributed by atoms with Crippen LogP contribution < -0.4 is 10.6 Å². The van der Waals surface area contributed by atoms with E-state index in [2.05, 4.69) is 31.4 Å². The summed E-state index contributed by atoms with van der Waals surface area (Å²) in [6, 6.07) is 32.5. The molecule has 0 aromatic heterocycles. The highest BCUT2D eigenvalue weighted by Gasteiger charge is 2.57. The molecule has 3 aliphatic heterocycles. The van der Waals surface area contributed by atoms with Crippen LogP contribution in [0, 0.1) is 5.92 Å². The van der Waals surface area contributed by atoms with Gasteiger partial charge in [-0.1, -0.05) is 191 Å². The van der Waals surface area contributed by atoms with Crippen LogP contribution in [0.2, 0.25) is 18.1 Å². The zero-order valence-corrected chi connectivity index (χ0v) is 61.5. The standard InChI is InChI=1S/C74H105N2O21PSi/c1-13-49(7)38-60(77)75-67-70(94-64(81)40-55(14-2)85-43-51-32-24-20-25-33-51)68(86-44-52-34-26-21-27-35-52)59(93-73(67)97-99(11,12)74(8,9)10)48-87-72-66(76-61(78)39-56(15-3)90-62(79)17-5)71(95-65(82)41-57(16-4)91-63(80)18-6)69(58(92-72)47-84-42-50-30-22-19-23-31-50)96-98(83)88-45-53-36-28-29-37-54(53)46-89-98/h19-37,49,55-59,66-73H,13-18,38-48H2,1-12H3,(H,75,77)(H,76,78)/t49-,55-,56-,57-,58?,59?,66?,67?,68-,69-,70-,71-,72-,73-/m1/s1. The van der Waals surface area contributed by atoms with Gasteiger partial charge in [-0.2, -0.15) is 0 Å². The fraction of sp³-hybridized carbons (Fsp3) is 0.595. The quantitative estimate of drug-likeness (QED) is 0.0184. The number of hydrogen-bond acceptors (Lipinski definition) is 21. The van der Waals surface area contributed by atoms with Crippen molar-refractivity contribution in [3.63, 3.8) is 0 Å². The van der Waals surface area contributed by atoms with Crippen LogP contribution >= 0.6 is 7.82 Å². The molecule has 0 spiro atoms. The minimum absolute atomic E-state index is 0.0247. The molecule has 0 bridgehead atoms. The minimum atomic E-state index is -4.72. The lowest BCUT2D eigenvalue weighted by Gasteiger charge is -2.50. The molecule has 4 aromatic carbocycles. The van der Waals surface area contributed by atoms with Gasteiger partial charge in [0.1, 0.15) is 48.7 Å². The SMILES string of the molecule is CCC(=O)O[C@H](CC)CC(=O)NC1[C@H](OCC2O[C@H](O[Si](C)(C)C(C)(C)C)C(NC(=O)C[C@H](C)CC)[C@@H](OC(=O)C[C@@H](CC)OCc3ccccc3)[C@@H]2OCc2ccccc2)OC(COCc2ccccc2)[C@@H](OP2(=O)OCc3ccccc3CO2)[C@@H]1OC(=O)C[C@@H](CC)OC(=O)CC. The highest BCUT2D eigenvalue weighted by molar-refractivity contribution is 7.48. The Labute approximate surface area is 585 Å². The molecule has 23 nitrogen and oxygen atoms in total. The van der Waals surface area contributed by atoms with Crippen molar-refractivity contribution in [2.45, 2.75) is 264 Å². The number of phosphoric ester groups is 1. The van der Waals surface area contributed by atoms with Crippen molar-refractivity contribution < 1.29 is 98.7 Å². The molecule has 14 atom stereocenters. The van der Waals surface area contributed by atoms with E-state index >= 15 is 4.57 Å². The molecular weight excluding hydrogens is 1310 g/mol. The average molecular weight is 1420 g/mol. The lowest BCUT2D eigenvalue weighted by molar-refractivity contribution is -0.302. The van der Waals surface area contributed by atoms with Gasteiger partial charge in [0.15, 0.2) is 33.1 Å². The predicted octanol–water partition coefficient (Wildman–Crippen LogP) is 12.4. The third kappa shape index (κ3) is 24.8. The first-order valence-corrected chi connectivity index (χ1v) is 39.3. The monoisotopic (exact) mass is 1420 g/mol. The summed E-state index contributed by atoms with van der Waals surface area (Å²) in [6.45, 7) is 21.7. The summed E-state index contributed by atoms with van der Waals surface area (Å²) in [5.41, 5.74) is 3.77. The van der Waals surface area contributed by atoms with Gasteiger partial charge in [-0.05, 0) is 71.1 Å². The molecule has 2 saturated heterocycles. The van der Waals surface area contributed by atoms with Gasteiger partial charge in [-0.25, -0.2) is 4.57 Å². The van der Waals surface area contributed by atoms with Crippen LogP contribution in [-0.4, -0.2) is 137 Å². The Kier molecular flexibility index (Phi) is 31.7. The molecule has 4 aromatic rings. The summed E-state index contributed by atoms with van der Waals surface area (Å²) in [4.78, 5) is 84.7. The molecule has 7 rings (SSSR count). The van der Waals surface area contributed by atoms with Crippen molar-refractivity contribution in [3.8, 4) is 0 Å². The molecule has 546 valence electrons. The van der Waals surface area contributed by atoms with Gasteiger partial charge in [0, 0.05) is 19.3 Å². The highest BCUT2D eigenvalue weighted by atomic mass is 31.2. The van der Waals surface area contributed by atoms with Gasteiger partial charge in [0.05, 0.1) is 71.6 Å². The third-order valence-electron chi connectivity index (χ3n) is 18.2. The largest absolute Gasteiger partial charge is 0.475 e. The zero-order chi connectivity index (χ0) is 71.7. The number of nitrogens with one attached hydrogen (secondary N) is 2. The van der Waals surface area contributed by atoms with E-state index < -0.39 is 150 Å². The van der Waals surface area contributed by atoms with E-state index in [4.69, 9.17) is 65.4 Å². The molecule has 2 N–H and O–H groups in total. The average Bonchev–Trinajstić information content (AvgIpc) is 1.08. The normalized spacial score (nSPS) is 23.6. The Morgan fingerprint density at radius 1 is 0.525 bits per heavy atom. The summed E-state index contributed by atoms with van der Waals surface area (Å²) < 4.78 is 107. The van der Waals surface area contributed by atoms with Crippen LogP contribution in [0.25, 0.3) is 0 Å². The van der Waals surface area contributed by atoms with Gasteiger partial charge < -0.3 is 62.4 Å². The number of fused-ring (bicyclic) bond motifs is 1. The minimum Gasteiger partial charge on any atom is -0.462 e. The molecule has 0 radical (unpaired) electrons. The maximum Gasteiger partial charge on any atom is 0.475 e. The van der Waals surface area contributed by atoms with E-state index in [9.17, 15) is 28.8 Å². The second-order valence-electron chi connectivity index (χ2n) is 26.9. The number of amides is 2. The number of ether oxygens (including phenoxy) is 10. The first-order chi connectivity index (χ1) is 47.4. The third-order valence-corrected chi connectivity index (χ3v) is 24.1. The number of phosphoric acid groups is 1. The number of carbonyl (C=O) groups excluding carboxylic acids is 6. The number of rotatable bonds is 37. The van der Waals surface area contributed by atoms with E-state index in [0.717, 1.165) is 16.7 Å². The topological polar surface area (TPSA) is 273 Å². The Hall–Kier alpha value is -6.25. The maximum atomic E-state index is 15.3. The lowest BCUT2D eigenvalue weighted by atomic mass is 9.94. The Morgan fingerprint density at radius 3 is 1.49 bits per heavy atom. The second-order valence-corrected chi connectivity index (χ2v) is 33.3. The van der Waals surface area contributed by atoms with Gasteiger partial charge in [-0.3, -0.25) is 42.3 Å². The first-order valence-electron chi connectivity index (χ1n) is 34.9. The Bertz CT molecular complexity index is 3180. The van der Waals surface area contributed by atoms with Crippen LogP contribution in [0.3, 0.4) is 0 Å². The van der Waals surface area contributed by atoms with Crippen LogP contribution in [0.15, 0.2) is 115 Å². The van der Waals surface area contributed by atoms with Gasteiger partial charge in [-0.15, -0.1) is 0 Å². The van der Waals surface area contributed by atoms with Crippen LogP contribution in [-0.2, 0) is 132 Å². The molecule has 2 fully saturated rings. The first kappa shape index (κ1) is 80.1. The lowest BCUT2D eigenvalue weighted by Crippen LogP contribution is -2.69. The van der Waals surface area contributed by atoms with Crippen LogP contribution in [0.4, 0.5) is 0 Å². The number of esters is 4. The van der Waals surface area contributed by atoms with Crippen molar-refractivity contribution in [2.75, 3.05) is 13.2 Å². The summed E-state index contributed by atoms with van der Waals surface area (Å²) in [5.74, 6) is -3.80. The van der Waals surface area contributed by atoms with Gasteiger partial charge >= 0.3 is 31.7 Å². The second kappa shape index (κ2) is 39.2. The van der Waals surface area contributed by atoms with Crippen molar-refractivity contribution >= 4 is 51.8 Å². The maximum absolute atomic E-state index is 15.3. The smallest absolute Gasteiger partial charge is 0.462 e. The summed E-state index contributed by atoms with van der Waals surface area (Å²) in [5, 5.41) is 5.73. The molecule has 0 saturated carbocycles. The van der Waals surface area contributed by atoms with E-state index in [1.54, 1.807) is 52.0 Å². The number of carbonyl (C=O) groups is 6. The molecule has 3 heterocycles. The van der Waals surface area contributed by atoms with E-state index in [1.807, 2.05) is 125 Å². The molecule has 3 aliphatic rings. The van der Waals surface area contributed by atoms with Crippen molar-refractivity contribution in [2.24, 2.45) is 5.92 Å². The fourth-order valence-electron chi connectivity index (χ4n) is 11.0. The predicted molar refractivity (Wildman–Crippen MR) is 369 cm³/mol. The van der Waals surface area contributed by atoms with Gasteiger partial charge in [0.2, 0.25) is 11.8 Å². The Balaban J connectivity index is 1.38. The highest BCUT2D eigenvalue weighted by Crippen LogP contribution is 2.55. The van der Waals surface area contributed by atoms with E-state index in [1.165, 1.54) is 0 Å². The van der Waals surface area contributed by atoms with Crippen LogP contribution in [0.1, 0.15) is 161 Å². The molecule has 25 heteroatoms. The summed E-state index contributed by atoms with van der Waals surface area (Å²) in [7, 11) is -7.65. The fourth-order valence-corrected chi connectivity index (χ4v) is 13.5. The van der Waals surface area contributed by atoms with Crippen molar-refractivity contribution in [3.05, 3.63) is 143 Å². The molecular formula is C74H105N2O21PSi. The Morgan fingerprint density at radius 2 is 0.980 bits per heavy atom. The molecule has 99 heavy (non-hydrogen) atoms. The van der Waals surface area contributed by atoms with E-state index in [0.29, 0.717) is 24.0 Å². The van der Waals surface area contributed by atoms with Crippen molar-refractivity contribution in [1.82, 2.24) is 10.6 Å². The number of hydrogen-bond donors (Lipinski definition) is 2. The zero-order valence-electron chi connectivity index (χ0n) is 59.6. The van der Waals surface area contributed by atoms with Crippen molar-refractivity contribution in [1.29, 1.82) is 0 Å². The number of benzene rings is 4. The van der Waals surface area contributed by atoms with Crippen LogP contribution in [0.5, 0.6) is 0 Å². The molecule has 4 unspecified atom stereocenters. The molecule has 0 aliphatic carbocycles. The van der Waals surface area contributed by atoms with E-state index in [-0.39, 0.29) is 90.0 Å².